The Labute approximate surface area is 115 Å². The number of anilines is 2. The van der Waals surface area contributed by atoms with Crippen LogP contribution in [0.2, 0.25) is 0 Å². The highest BCUT2D eigenvalue weighted by Crippen LogP contribution is 2.29. The molecular formula is C16H21N3. The highest BCUT2D eigenvalue weighted by Gasteiger charge is 2.12. The Bertz CT molecular complexity index is 573. The topological polar surface area (TPSA) is 42.2 Å². The quantitative estimate of drug-likeness (QED) is 0.915. The van der Waals surface area contributed by atoms with Gasteiger partial charge in [-0.3, -0.25) is 4.98 Å². The Morgan fingerprint density at radius 1 is 1.11 bits per heavy atom. The smallest absolute Gasteiger partial charge is 0.0490 e. The molecule has 0 aliphatic rings. The lowest BCUT2D eigenvalue weighted by Crippen LogP contribution is -2.15. The van der Waals surface area contributed by atoms with Crippen molar-refractivity contribution in [1.29, 1.82) is 0 Å². The molecule has 0 radical (unpaired) electrons. The van der Waals surface area contributed by atoms with Gasteiger partial charge in [-0.05, 0) is 39.0 Å². The largest absolute Gasteiger partial charge is 0.344 e. The molecule has 19 heavy (non-hydrogen) atoms. The van der Waals surface area contributed by atoms with E-state index in [-0.39, 0.29) is 0 Å². The van der Waals surface area contributed by atoms with Crippen LogP contribution in [0.4, 0.5) is 11.4 Å². The van der Waals surface area contributed by atoms with E-state index in [1.807, 2.05) is 13.8 Å². The molecule has 0 aliphatic heterocycles. The Morgan fingerprint density at radius 3 is 2.32 bits per heavy atom. The number of hydrogen-bond donors (Lipinski definition) is 1. The molecule has 0 bridgehead atoms. The summed E-state index contributed by atoms with van der Waals surface area (Å²) in [6, 6.07) is 10.6. The van der Waals surface area contributed by atoms with E-state index in [4.69, 9.17) is 5.73 Å². The van der Waals surface area contributed by atoms with Gasteiger partial charge in [0.2, 0.25) is 0 Å². The second-order valence-electron chi connectivity index (χ2n) is 4.95. The third kappa shape index (κ3) is 2.76. The predicted molar refractivity (Wildman–Crippen MR) is 80.8 cm³/mol. The summed E-state index contributed by atoms with van der Waals surface area (Å²) in [5.41, 5.74) is 12.6. The van der Waals surface area contributed by atoms with Crippen molar-refractivity contribution in [3.8, 4) is 0 Å². The first-order valence-corrected chi connectivity index (χ1v) is 6.50. The third-order valence-corrected chi connectivity index (χ3v) is 3.42. The average Bonchev–Trinajstić information content (AvgIpc) is 2.38. The minimum Gasteiger partial charge on any atom is -0.344 e. The number of nitrogens with two attached hydrogens (primary N) is 1. The van der Waals surface area contributed by atoms with Crippen molar-refractivity contribution in [3.63, 3.8) is 0 Å². The molecule has 3 nitrogen and oxygen atoms in total. The number of rotatable bonds is 3. The van der Waals surface area contributed by atoms with Crippen LogP contribution in [-0.4, -0.2) is 12.0 Å². The fourth-order valence-corrected chi connectivity index (χ4v) is 2.29. The molecule has 1 aromatic heterocycles. The summed E-state index contributed by atoms with van der Waals surface area (Å²) in [6.07, 6.45) is 0. The summed E-state index contributed by atoms with van der Waals surface area (Å²) in [5, 5.41) is 0. The molecule has 2 rings (SSSR count). The summed E-state index contributed by atoms with van der Waals surface area (Å²) < 4.78 is 0. The van der Waals surface area contributed by atoms with Crippen LogP contribution < -0.4 is 10.6 Å². The minimum absolute atomic E-state index is 0.505. The fraction of sp³-hybridized carbons (Fsp3) is 0.312. The molecule has 1 aromatic carbocycles. The van der Waals surface area contributed by atoms with Crippen molar-refractivity contribution in [1.82, 2.24) is 4.98 Å². The number of aromatic nitrogens is 1. The normalized spacial score (nSPS) is 10.6. The van der Waals surface area contributed by atoms with Gasteiger partial charge in [0.15, 0.2) is 0 Å². The number of aryl methyl sites for hydroxylation is 3. The molecule has 1 heterocycles. The summed E-state index contributed by atoms with van der Waals surface area (Å²) in [4.78, 5) is 6.66. The number of pyridine rings is 1. The number of nitrogens with zero attached hydrogens (tertiary/aromatic N) is 2. The van der Waals surface area contributed by atoms with Gasteiger partial charge in [-0.15, -0.1) is 0 Å². The van der Waals surface area contributed by atoms with Crippen LogP contribution in [0.1, 0.15) is 22.5 Å². The van der Waals surface area contributed by atoms with Crippen LogP contribution >= 0.6 is 0 Å². The van der Waals surface area contributed by atoms with E-state index in [1.54, 1.807) is 0 Å². The molecule has 0 unspecified atom stereocenters. The first kappa shape index (κ1) is 13.6. The van der Waals surface area contributed by atoms with E-state index >= 15 is 0 Å². The van der Waals surface area contributed by atoms with Crippen LogP contribution in [0.15, 0.2) is 30.3 Å². The van der Waals surface area contributed by atoms with E-state index in [0.717, 1.165) is 28.3 Å². The van der Waals surface area contributed by atoms with Crippen molar-refractivity contribution >= 4 is 11.4 Å². The van der Waals surface area contributed by atoms with E-state index in [9.17, 15) is 0 Å². The van der Waals surface area contributed by atoms with Crippen molar-refractivity contribution in [2.75, 3.05) is 11.9 Å². The molecule has 0 fully saturated rings. The van der Waals surface area contributed by atoms with Gasteiger partial charge < -0.3 is 10.6 Å². The van der Waals surface area contributed by atoms with E-state index in [2.05, 4.69) is 54.2 Å². The first-order chi connectivity index (χ1) is 9.02. The highest BCUT2D eigenvalue weighted by molar-refractivity contribution is 5.67. The zero-order valence-corrected chi connectivity index (χ0v) is 12.1. The van der Waals surface area contributed by atoms with Crippen molar-refractivity contribution in [3.05, 3.63) is 52.8 Å². The van der Waals surface area contributed by atoms with Gasteiger partial charge in [0.05, 0.1) is 0 Å². The standard InChI is InChI=1S/C16H21N3/c1-11-5-7-14(8-6-11)19(4)16-9-12(2)18-13(3)15(16)10-17/h5-9H,10,17H2,1-4H3. The lowest BCUT2D eigenvalue weighted by molar-refractivity contribution is 0.973. The predicted octanol–water partition coefficient (Wildman–Crippen LogP) is 3.23. The van der Waals surface area contributed by atoms with E-state index in [0.29, 0.717) is 6.54 Å². The summed E-state index contributed by atoms with van der Waals surface area (Å²) in [6.45, 7) is 6.63. The van der Waals surface area contributed by atoms with Crippen LogP contribution in [-0.2, 0) is 6.54 Å². The second-order valence-corrected chi connectivity index (χ2v) is 4.95. The Hall–Kier alpha value is -1.87. The molecule has 2 aromatic rings. The summed E-state index contributed by atoms with van der Waals surface area (Å²) >= 11 is 0. The zero-order chi connectivity index (χ0) is 14.0. The third-order valence-electron chi connectivity index (χ3n) is 3.42. The SMILES string of the molecule is Cc1ccc(N(C)c2cc(C)nc(C)c2CN)cc1. The van der Waals surface area contributed by atoms with Gasteiger partial charge in [-0.25, -0.2) is 0 Å². The molecule has 0 spiro atoms. The van der Waals surface area contributed by atoms with Gasteiger partial charge in [0.25, 0.3) is 0 Å². The van der Waals surface area contributed by atoms with Crippen LogP contribution in [0, 0.1) is 20.8 Å². The van der Waals surface area contributed by atoms with Gasteiger partial charge in [-0.2, -0.15) is 0 Å². The molecule has 0 saturated carbocycles. The lowest BCUT2D eigenvalue weighted by Gasteiger charge is -2.24. The molecule has 100 valence electrons. The molecule has 0 aliphatic carbocycles. The van der Waals surface area contributed by atoms with Gasteiger partial charge in [0.1, 0.15) is 0 Å². The molecular weight excluding hydrogens is 234 g/mol. The van der Waals surface area contributed by atoms with Crippen molar-refractivity contribution in [2.24, 2.45) is 5.73 Å². The van der Waals surface area contributed by atoms with Gasteiger partial charge >= 0.3 is 0 Å². The monoisotopic (exact) mass is 255 g/mol. The maximum absolute atomic E-state index is 5.87. The minimum atomic E-state index is 0.505. The van der Waals surface area contributed by atoms with E-state index < -0.39 is 0 Å². The Morgan fingerprint density at radius 2 is 1.74 bits per heavy atom. The van der Waals surface area contributed by atoms with Crippen molar-refractivity contribution < 1.29 is 0 Å². The highest BCUT2D eigenvalue weighted by atomic mass is 15.1. The number of hydrogen-bond acceptors (Lipinski definition) is 3. The summed E-state index contributed by atoms with van der Waals surface area (Å²) in [7, 11) is 2.07. The maximum Gasteiger partial charge on any atom is 0.0490 e. The van der Waals surface area contributed by atoms with Crippen LogP contribution in [0.3, 0.4) is 0 Å². The average molecular weight is 255 g/mol. The van der Waals surface area contributed by atoms with Gasteiger partial charge in [0, 0.05) is 41.9 Å². The molecule has 0 saturated heterocycles. The number of benzene rings is 1. The molecule has 0 atom stereocenters. The summed E-state index contributed by atoms with van der Waals surface area (Å²) in [5.74, 6) is 0. The fourth-order valence-electron chi connectivity index (χ4n) is 2.29. The van der Waals surface area contributed by atoms with Crippen LogP contribution in [0.25, 0.3) is 0 Å². The second kappa shape index (κ2) is 5.41. The Balaban J connectivity index is 2.48. The first-order valence-electron chi connectivity index (χ1n) is 6.50. The Kier molecular flexibility index (Phi) is 3.86. The van der Waals surface area contributed by atoms with Gasteiger partial charge in [-0.1, -0.05) is 17.7 Å². The van der Waals surface area contributed by atoms with E-state index in [1.165, 1.54) is 5.56 Å². The lowest BCUT2D eigenvalue weighted by atomic mass is 10.1. The van der Waals surface area contributed by atoms with Crippen molar-refractivity contribution in [2.45, 2.75) is 27.3 Å². The van der Waals surface area contributed by atoms with Crippen LogP contribution in [0.5, 0.6) is 0 Å². The molecule has 0 amide bonds. The molecule has 3 heteroatoms. The molecule has 2 N–H and O–H groups in total. The maximum atomic E-state index is 5.87. The zero-order valence-electron chi connectivity index (χ0n) is 12.1.